The van der Waals surface area contributed by atoms with Gasteiger partial charge in [0, 0.05) is 6.61 Å². The highest BCUT2D eigenvalue weighted by Gasteiger charge is 2.43. The van der Waals surface area contributed by atoms with E-state index >= 15 is 0 Å². The van der Waals surface area contributed by atoms with Crippen molar-refractivity contribution in [1.29, 1.82) is 0 Å². The third-order valence-corrected chi connectivity index (χ3v) is 2.33. The predicted octanol–water partition coefficient (Wildman–Crippen LogP) is -1.79. The minimum atomic E-state index is -1.36. The van der Waals surface area contributed by atoms with Crippen molar-refractivity contribution in [2.24, 2.45) is 0 Å². The number of aliphatic hydroxyl groups excluding tert-OH is 4. The van der Waals surface area contributed by atoms with E-state index in [4.69, 9.17) is 14.6 Å². The fraction of sp³-hybridized carbons (Fsp3) is 1.00. The second kappa shape index (κ2) is 5.74. The Morgan fingerprint density at radius 3 is 2.33 bits per heavy atom. The van der Waals surface area contributed by atoms with Crippen LogP contribution < -0.4 is 0 Å². The van der Waals surface area contributed by atoms with Crippen molar-refractivity contribution in [3.05, 3.63) is 0 Å². The van der Waals surface area contributed by atoms with Crippen LogP contribution in [0, 0.1) is 0 Å². The first-order valence-electron chi connectivity index (χ1n) is 5.04. The van der Waals surface area contributed by atoms with Crippen LogP contribution in [0.4, 0.5) is 0 Å². The molecule has 0 bridgehead atoms. The molecule has 6 nitrogen and oxygen atoms in total. The summed E-state index contributed by atoms with van der Waals surface area (Å²) in [5.41, 5.74) is 0. The zero-order valence-electron chi connectivity index (χ0n) is 8.61. The van der Waals surface area contributed by atoms with Gasteiger partial charge in [-0.3, -0.25) is 0 Å². The van der Waals surface area contributed by atoms with E-state index in [1.807, 2.05) is 6.92 Å². The summed E-state index contributed by atoms with van der Waals surface area (Å²) in [6.45, 7) is 1.84. The van der Waals surface area contributed by atoms with E-state index in [2.05, 4.69) is 0 Å². The topological polar surface area (TPSA) is 99.4 Å². The van der Waals surface area contributed by atoms with E-state index in [1.54, 1.807) is 0 Å². The van der Waals surface area contributed by atoms with Crippen LogP contribution in [0.2, 0.25) is 0 Å². The Bertz CT molecular complexity index is 185. The number of aliphatic hydroxyl groups is 4. The number of ether oxygens (including phenoxy) is 2. The number of rotatable bonds is 4. The highest BCUT2D eigenvalue weighted by atomic mass is 16.7. The van der Waals surface area contributed by atoms with Gasteiger partial charge in [-0.15, -0.1) is 0 Å². The zero-order chi connectivity index (χ0) is 11.4. The summed E-state index contributed by atoms with van der Waals surface area (Å²) in [7, 11) is 0. The minimum Gasteiger partial charge on any atom is -0.394 e. The standard InChI is InChI=1S/C9H18O6/c1-2-3-14-9-8(13)7(12)6(11)5(4-10)15-9/h5-13H,2-4H2,1H3/t5-,6-,7+,8-,9?/m1/s1. The third kappa shape index (κ3) is 2.87. The van der Waals surface area contributed by atoms with Crippen LogP contribution in [0.5, 0.6) is 0 Å². The third-order valence-electron chi connectivity index (χ3n) is 2.33. The van der Waals surface area contributed by atoms with E-state index in [1.165, 1.54) is 0 Å². The van der Waals surface area contributed by atoms with Crippen molar-refractivity contribution in [2.75, 3.05) is 13.2 Å². The first-order valence-corrected chi connectivity index (χ1v) is 5.04. The molecule has 0 aromatic carbocycles. The molecule has 1 fully saturated rings. The fourth-order valence-corrected chi connectivity index (χ4v) is 1.44. The van der Waals surface area contributed by atoms with Gasteiger partial charge in [-0.2, -0.15) is 0 Å². The second-order valence-corrected chi connectivity index (χ2v) is 3.57. The van der Waals surface area contributed by atoms with E-state index in [9.17, 15) is 15.3 Å². The molecule has 1 aliphatic heterocycles. The van der Waals surface area contributed by atoms with Crippen molar-refractivity contribution < 1.29 is 29.9 Å². The Kier molecular flexibility index (Phi) is 4.91. The lowest BCUT2D eigenvalue weighted by Gasteiger charge is -2.39. The van der Waals surface area contributed by atoms with Crippen LogP contribution in [0.3, 0.4) is 0 Å². The van der Waals surface area contributed by atoms with E-state index in [0.717, 1.165) is 6.42 Å². The molecule has 1 saturated heterocycles. The van der Waals surface area contributed by atoms with Gasteiger partial charge in [0.05, 0.1) is 6.61 Å². The Labute approximate surface area is 88.1 Å². The predicted molar refractivity (Wildman–Crippen MR) is 50.0 cm³/mol. The molecule has 0 saturated carbocycles. The van der Waals surface area contributed by atoms with Crippen LogP contribution in [-0.2, 0) is 9.47 Å². The highest BCUT2D eigenvalue weighted by molar-refractivity contribution is 4.88. The maximum Gasteiger partial charge on any atom is 0.186 e. The number of hydrogen-bond acceptors (Lipinski definition) is 6. The van der Waals surface area contributed by atoms with Crippen molar-refractivity contribution in [3.63, 3.8) is 0 Å². The molecule has 6 heteroatoms. The normalized spacial score (nSPS) is 41.8. The molecule has 1 heterocycles. The van der Waals surface area contributed by atoms with Gasteiger partial charge in [-0.25, -0.2) is 0 Å². The van der Waals surface area contributed by atoms with Crippen molar-refractivity contribution in [3.8, 4) is 0 Å². The lowest BCUT2D eigenvalue weighted by Crippen LogP contribution is -2.59. The van der Waals surface area contributed by atoms with Crippen molar-refractivity contribution in [2.45, 2.75) is 44.1 Å². The smallest absolute Gasteiger partial charge is 0.186 e. The Morgan fingerprint density at radius 1 is 1.13 bits per heavy atom. The van der Waals surface area contributed by atoms with Gasteiger partial charge < -0.3 is 29.9 Å². The van der Waals surface area contributed by atoms with Gasteiger partial charge in [0.15, 0.2) is 6.29 Å². The second-order valence-electron chi connectivity index (χ2n) is 3.57. The Morgan fingerprint density at radius 2 is 1.80 bits per heavy atom. The molecule has 0 aromatic heterocycles. The Balaban J connectivity index is 2.57. The highest BCUT2D eigenvalue weighted by Crippen LogP contribution is 2.21. The van der Waals surface area contributed by atoms with Gasteiger partial charge in [-0.1, -0.05) is 6.92 Å². The largest absolute Gasteiger partial charge is 0.394 e. The summed E-state index contributed by atoms with van der Waals surface area (Å²) in [6, 6.07) is 0. The summed E-state index contributed by atoms with van der Waals surface area (Å²) in [5, 5.41) is 37.2. The maximum absolute atomic E-state index is 9.51. The zero-order valence-corrected chi connectivity index (χ0v) is 8.61. The van der Waals surface area contributed by atoms with Crippen LogP contribution in [0.1, 0.15) is 13.3 Å². The van der Waals surface area contributed by atoms with Crippen LogP contribution in [-0.4, -0.2) is 64.3 Å². The SMILES string of the molecule is CCCOC1O[C@H](CO)[C@@H](O)[C@H](O)[C@H]1O. The average molecular weight is 222 g/mol. The molecular formula is C9H18O6. The van der Waals surface area contributed by atoms with Gasteiger partial charge in [0.25, 0.3) is 0 Å². The Hall–Kier alpha value is -0.240. The molecule has 4 N–H and O–H groups in total. The quantitative estimate of drug-likeness (QED) is 0.448. The molecule has 15 heavy (non-hydrogen) atoms. The van der Waals surface area contributed by atoms with Crippen molar-refractivity contribution in [1.82, 2.24) is 0 Å². The lowest BCUT2D eigenvalue weighted by atomic mass is 9.99. The molecule has 0 aromatic rings. The van der Waals surface area contributed by atoms with Gasteiger partial charge in [0.2, 0.25) is 0 Å². The first kappa shape index (κ1) is 12.8. The van der Waals surface area contributed by atoms with Crippen LogP contribution in [0.15, 0.2) is 0 Å². The van der Waals surface area contributed by atoms with E-state index < -0.39 is 37.3 Å². The lowest BCUT2D eigenvalue weighted by molar-refractivity contribution is -0.300. The summed E-state index contributed by atoms with van der Waals surface area (Å²) in [4.78, 5) is 0. The molecule has 1 rings (SSSR count). The molecule has 0 amide bonds. The molecule has 1 aliphatic rings. The molecule has 0 aliphatic carbocycles. The van der Waals surface area contributed by atoms with Crippen LogP contribution in [0.25, 0.3) is 0 Å². The molecule has 90 valence electrons. The molecule has 0 spiro atoms. The van der Waals surface area contributed by atoms with E-state index in [0.29, 0.717) is 6.61 Å². The minimum absolute atomic E-state index is 0.378. The van der Waals surface area contributed by atoms with Gasteiger partial charge in [0.1, 0.15) is 24.4 Å². The van der Waals surface area contributed by atoms with Gasteiger partial charge in [-0.05, 0) is 6.42 Å². The summed E-state index contributed by atoms with van der Waals surface area (Å²) in [6.07, 6.45) is -5.14. The van der Waals surface area contributed by atoms with Crippen LogP contribution >= 0.6 is 0 Å². The molecule has 0 radical (unpaired) electrons. The molecular weight excluding hydrogens is 204 g/mol. The first-order chi connectivity index (χ1) is 7.11. The van der Waals surface area contributed by atoms with Crippen molar-refractivity contribution >= 4 is 0 Å². The summed E-state index contributed by atoms with van der Waals surface area (Å²) >= 11 is 0. The summed E-state index contributed by atoms with van der Waals surface area (Å²) in [5.74, 6) is 0. The summed E-state index contributed by atoms with van der Waals surface area (Å²) < 4.78 is 10.2. The van der Waals surface area contributed by atoms with Gasteiger partial charge >= 0.3 is 0 Å². The number of hydrogen-bond donors (Lipinski definition) is 4. The fourth-order valence-electron chi connectivity index (χ4n) is 1.44. The average Bonchev–Trinajstić information content (AvgIpc) is 2.25. The van der Waals surface area contributed by atoms with E-state index in [-0.39, 0.29) is 0 Å². The molecule has 5 atom stereocenters. The maximum atomic E-state index is 9.51. The molecule has 1 unspecified atom stereocenters. The monoisotopic (exact) mass is 222 g/mol.